The zero-order valence-electron chi connectivity index (χ0n) is 48.7. The minimum atomic E-state index is -0.331. The monoisotopic (exact) mass is 1120 g/mol. The summed E-state index contributed by atoms with van der Waals surface area (Å²) in [6.45, 7) is 12.3. The number of carbonyl (C=O) groups is 3. The highest BCUT2D eigenvalue weighted by molar-refractivity contribution is 6.11. The van der Waals surface area contributed by atoms with Gasteiger partial charge in [-0.05, 0) is 72.8 Å². The summed E-state index contributed by atoms with van der Waals surface area (Å²) in [4.78, 5) is 75.6. The molecule has 2 aliphatic heterocycles. The van der Waals surface area contributed by atoms with E-state index in [2.05, 4.69) is 40.9 Å². The lowest BCUT2D eigenvalue weighted by Crippen LogP contribution is -2.17. The number of aromatic amines is 2. The van der Waals surface area contributed by atoms with Crippen molar-refractivity contribution in [2.24, 2.45) is 21.1 Å². The highest BCUT2D eigenvalue weighted by Gasteiger charge is 2.26. The van der Waals surface area contributed by atoms with Crippen LogP contribution in [-0.4, -0.2) is 66.3 Å². The molecule has 4 aromatic carbocycles. The van der Waals surface area contributed by atoms with E-state index in [0.29, 0.717) is 118 Å². The number of rotatable bonds is 13. The molecule has 8 bridgehead atoms. The van der Waals surface area contributed by atoms with Gasteiger partial charge in [0.2, 0.25) is 0 Å². The van der Waals surface area contributed by atoms with Crippen molar-refractivity contribution in [1.29, 1.82) is 0 Å². The Bertz CT molecular complexity index is 4470. The van der Waals surface area contributed by atoms with Crippen molar-refractivity contribution in [2.75, 3.05) is 21.7 Å². The van der Waals surface area contributed by atoms with Crippen LogP contribution in [0.25, 0.3) is 90.9 Å². The van der Waals surface area contributed by atoms with Crippen LogP contribution in [-0.2, 0) is 21.1 Å². The molecule has 0 radical (unpaired) electrons. The second kappa shape index (κ2) is 22.2. The van der Waals surface area contributed by atoms with E-state index in [9.17, 15) is 14.4 Å². The van der Waals surface area contributed by atoms with Gasteiger partial charge >= 0.3 is 0 Å². The van der Waals surface area contributed by atoms with E-state index in [-0.39, 0.29) is 35.5 Å². The number of fused-ring (bicyclic) bond motifs is 8. The van der Waals surface area contributed by atoms with Gasteiger partial charge in [-0.2, -0.15) is 0 Å². The molecular formula is C68H64N14O3. The quantitative estimate of drug-likeness (QED) is 0.0603. The molecule has 6 aromatic heterocycles. The number of anilines is 4. The number of amides is 3. The van der Waals surface area contributed by atoms with Gasteiger partial charge in [-0.15, -0.1) is 0 Å². The van der Waals surface area contributed by atoms with Gasteiger partial charge in [0, 0.05) is 128 Å². The first-order chi connectivity index (χ1) is 41.0. The number of aromatic nitrogens is 10. The van der Waals surface area contributed by atoms with Crippen molar-refractivity contribution in [3.63, 3.8) is 0 Å². The predicted octanol–water partition coefficient (Wildman–Crippen LogP) is 14.2. The number of nitrogens with one attached hydrogen (secondary N) is 5. The van der Waals surface area contributed by atoms with Gasteiger partial charge in [-0.1, -0.05) is 114 Å². The van der Waals surface area contributed by atoms with Crippen molar-refractivity contribution >= 4 is 86.8 Å². The van der Waals surface area contributed by atoms with Crippen LogP contribution in [0, 0.1) is 0 Å². The number of para-hydroxylation sites is 4. The zero-order valence-corrected chi connectivity index (χ0v) is 48.7. The number of H-pyrrole nitrogens is 2. The summed E-state index contributed by atoms with van der Waals surface area (Å²) in [5.41, 5.74) is 21.0. The third-order valence-electron chi connectivity index (χ3n) is 15.6. The summed E-state index contributed by atoms with van der Waals surface area (Å²) in [6.07, 6.45) is 12.7. The van der Waals surface area contributed by atoms with E-state index in [4.69, 9.17) is 15.7 Å². The average molecular weight is 1130 g/mol. The van der Waals surface area contributed by atoms with Gasteiger partial charge in [-0.3, -0.25) is 14.4 Å². The standard InChI is InChI=1S/C68H64N14O3/c1-37(2)63-70-34-56(80(63)7)66(83)77-45-23-15-11-19-41(45)60-50-28-26-48(73-50)59(40-18-10-14-22-44(40)69)49-27-29-51(74-49)61(42-20-12-16-24-46(42)78-67(84)57-35-71-64(38(3)4)81(57)8)53-31-33-55(76-53)62(54-32-30-52(60)75-54)43-21-13-17-25-47(43)79-68(85)58-36-72-65(39(5)6)82(58)9/h10-39,73,76H,69H2,1-9H3,(H,77,83)(H,78,84)(H,79,85). The molecule has 8 heterocycles. The predicted molar refractivity (Wildman–Crippen MR) is 341 cm³/mol. The Hall–Kier alpha value is -10.7. The average Bonchev–Trinajstić information content (AvgIpc) is 4.48. The Morgan fingerprint density at radius 1 is 0.400 bits per heavy atom. The second-order valence-corrected chi connectivity index (χ2v) is 22.2. The zero-order chi connectivity index (χ0) is 59.4. The number of benzene rings is 4. The first kappa shape index (κ1) is 54.9. The summed E-state index contributed by atoms with van der Waals surface area (Å²) in [7, 11) is 5.55. The van der Waals surface area contributed by atoms with E-state index in [1.54, 1.807) is 18.6 Å². The van der Waals surface area contributed by atoms with Gasteiger partial charge in [0.25, 0.3) is 17.7 Å². The minimum Gasteiger partial charge on any atom is -0.398 e. The fourth-order valence-electron chi connectivity index (χ4n) is 11.6. The molecular weight excluding hydrogens is 1060 g/mol. The maximum absolute atomic E-state index is 14.4. The Labute approximate surface area is 491 Å². The maximum atomic E-state index is 14.4. The van der Waals surface area contributed by atoms with Crippen LogP contribution in [0.15, 0.2) is 140 Å². The molecule has 2 aliphatic rings. The molecule has 7 N–H and O–H groups in total. The van der Waals surface area contributed by atoms with E-state index in [1.807, 2.05) is 222 Å². The van der Waals surface area contributed by atoms with Crippen LogP contribution in [0.2, 0.25) is 0 Å². The van der Waals surface area contributed by atoms with E-state index >= 15 is 0 Å². The van der Waals surface area contributed by atoms with Crippen molar-refractivity contribution < 1.29 is 14.4 Å². The summed E-state index contributed by atoms with van der Waals surface area (Å²) < 4.78 is 5.47. The molecule has 424 valence electrons. The van der Waals surface area contributed by atoms with Crippen LogP contribution in [0.5, 0.6) is 0 Å². The third-order valence-corrected chi connectivity index (χ3v) is 15.6. The summed E-state index contributed by atoms with van der Waals surface area (Å²) in [5, 5.41) is 9.71. The van der Waals surface area contributed by atoms with Crippen molar-refractivity contribution in [3.8, 4) is 44.5 Å². The molecule has 0 unspecified atom stereocenters. The summed E-state index contributed by atoms with van der Waals surface area (Å²) in [5.74, 6) is 1.69. The fourth-order valence-corrected chi connectivity index (χ4v) is 11.6. The van der Waals surface area contributed by atoms with Crippen LogP contribution in [0.3, 0.4) is 0 Å². The minimum absolute atomic E-state index is 0.0933. The van der Waals surface area contributed by atoms with Crippen LogP contribution >= 0.6 is 0 Å². The normalized spacial score (nSPS) is 12.0. The van der Waals surface area contributed by atoms with Gasteiger partial charge in [0.1, 0.15) is 34.6 Å². The molecule has 85 heavy (non-hydrogen) atoms. The van der Waals surface area contributed by atoms with Gasteiger partial charge in [-0.25, -0.2) is 24.9 Å². The molecule has 0 spiro atoms. The lowest BCUT2D eigenvalue weighted by Gasteiger charge is -2.14. The lowest BCUT2D eigenvalue weighted by molar-refractivity contribution is 0.101. The van der Waals surface area contributed by atoms with Gasteiger partial charge in [0.15, 0.2) is 0 Å². The van der Waals surface area contributed by atoms with Crippen LogP contribution < -0.4 is 21.7 Å². The second-order valence-electron chi connectivity index (χ2n) is 22.2. The van der Waals surface area contributed by atoms with Gasteiger partial charge < -0.3 is 45.4 Å². The smallest absolute Gasteiger partial charge is 0.273 e. The topological polar surface area (TPSA) is 224 Å². The van der Waals surface area contributed by atoms with Crippen LogP contribution in [0.1, 0.15) is 131 Å². The van der Waals surface area contributed by atoms with Crippen molar-refractivity contribution in [2.45, 2.75) is 59.3 Å². The number of hydrogen-bond acceptors (Lipinski definition) is 9. The molecule has 0 saturated carbocycles. The van der Waals surface area contributed by atoms with Crippen molar-refractivity contribution in [3.05, 3.63) is 197 Å². The Kier molecular flexibility index (Phi) is 14.4. The maximum Gasteiger partial charge on any atom is 0.273 e. The Morgan fingerprint density at radius 2 is 0.671 bits per heavy atom. The number of hydrogen-bond donors (Lipinski definition) is 6. The molecule has 0 atom stereocenters. The van der Waals surface area contributed by atoms with Gasteiger partial charge in [0.05, 0.1) is 41.4 Å². The Morgan fingerprint density at radius 3 is 0.953 bits per heavy atom. The first-order valence-corrected chi connectivity index (χ1v) is 28.3. The molecule has 10 aromatic rings. The number of imidazole rings is 3. The molecule has 17 nitrogen and oxygen atoms in total. The van der Waals surface area contributed by atoms with Crippen LogP contribution in [0.4, 0.5) is 22.7 Å². The summed E-state index contributed by atoms with van der Waals surface area (Å²) >= 11 is 0. The van der Waals surface area contributed by atoms with E-state index < -0.39 is 0 Å². The van der Waals surface area contributed by atoms with Crippen molar-refractivity contribution in [1.82, 2.24) is 48.6 Å². The molecule has 17 heteroatoms. The number of nitrogen functional groups attached to an aromatic ring is 1. The first-order valence-electron chi connectivity index (χ1n) is 28.3. The summed E-state index contributed by atoms with van der Waals surface area (Å²) in [6, 6.07) is 38.7. The number of nitrogens with zero attached hydrogens (tertiary/aromatic N) is 8. The highest BCUT2D eigenvalue weighted by atomic mass is 16.2. The highest BCUT2D eigenvalue weighted by Crippen LogP contribution is 2.43. The number of carbonyl (C=O) groups excluding carboxylic acids is 3. The third kappa shape index (κ3) is 10.1. The molecule has 0 fully saturated rings. The molecule has 12 rings (SSSR count). The SMILES string of the molecule is CC(C)c1ncc(C(=O)Nc2ccccc2-c2c3nc(c(-c4ccccc4NC(=O)c4cnc(C(C)C)n4C)c4ccc([nH]4)c(-c4ccccc4NC(=O)c4cnc(C(C)C)n4C)c4nc(c(-c5ccccc5N)c5ccc2[nH]5)C=C4)C=C3)n1C. The number of nitrogens with two attached hydrogens (primary N) is 1. The molecule has 3 amide bonds. The molecule has 0 saturated heterocycles. The Balaban J connectivity index is 1.15. The lowest BCUT2D eigenvalue weighted by atomic mass is 10.0. The fraction of sp³-hybridized carbons (Fsp3) is 0.176. The molecule has 0 aliphatic carbocycles. The van der Waals surface area contributed by atoms with E-state index in [1.165, 1.54) is 0 Å². The largest absolute Gasteiger partial charge is 0.398 e. The van der Waals surface area contributed by atoms with E-state index in [0.717, 1.165) is 28.6 Å².